The lowest BCUT2D eigenvalue weighted by atomic mass is 10.1. The van der Waals surface area contributed by atoms with Crippen molar-refractivity contribution in [2.75, 3.05) is 18.6 Å². The third-order valence-corrected chi connectivity index (χ3v) is 7.44. The van der Waals surface area contributed by atoms with Crippen LogP contribution < -0.4 is 15.5 Å². The molecule has 2 atom stereocenters. The lowest BCUT2D eigenvalue weighted by molar-refractivity contribution is 0.00545. The van der Waals surface area contributed by atoms with Gasteiger partial charge in [-0.05, 0) is 30.1 Å². The van der Waals surface area contributed by atoms with E-state index in [-0.39, 0.29) is 48.3 Å². The summed E-state index contributed by atoms with van der Waals surface area (Å²) in [4.78, 5) is 42.1. The molecule has 1 fully saturated rings. The molecule has 8 nitrogen and oxygen atoms in total. The SMILES string of the molecule is CSCC[C@H]1CO[C@@H]2Cn3cc(C(=O)NCc4ccc(F)cc4F)c(=O)c(OCc4ccccc4)c3C(=O)N12. The van der Waals surface area contributed by atoms with E-state index < -0.39 is 35.1 Å². The first kappa shape index (κ1) is 26.9. The minimum Gasteiger partial charge on any atom is -0.483 e. The van der Waals surface area contributed by atoms with Crippen molar-refractivity contribution < 1.29 is 27.8 Å². The molecule has 0 bridgehead atoms. The number of fused-ring (bicyclic) bond motifs is 2. The number of ether oxygens (including phenoxy) is 2. The van der Waals surface area contributed by atoms with Crippen LogP contribution in [0.3, 0.4) is 0 Å². The normalized spacial score (nSPS) is 18.0. The first-order valence-corrected chi connectivity index (χ1v) is 13.9. The highest BCUT2D eigenvalue weighted by molar-refractivity contribution is 7.98. The monoisotopic (exact) mass is 555 g/mol. The summed E-state index contributed by atoms with van der Waals surface area (Å²) >= 11 is 1.68. The van der Waals surface area contributed by atoms with Crippen LogP contribution in [0.2, 0.25) is 0 Å². The average molecular weight is 556 g/mol. The second kappa shape index (κ2) is 11.6. The minimum atomic E-state index is -0.815. The van der Waals surface area contributed by atoms with Gasteiger partial charge >= 0.3 is 0 Å². The summed E-state index contributed by atoms with van der Waals surface area (Å²) in [5.41, 5.74) is -0.108. The number of thioether (sulfide) groups is 1. The van der Waals surface area contributed by atoms with Crippen LogP contribution >= 0.6 is 11.8 Å². The Hall–Kier alpha value is -3.70. The maximum Gasteiger partial charge on any atom is 0.276 e. The molecular weight excluding hydrogens is 528 g/mol. The number of carbonyl (C=O) groups excluding carboxylic acids is 2. The first-order valence-electron chi connectivity index (χ1n) is 12.5. The van der Waals surface area contributed by atoms with Crippen molar-refractivity contribution in [3.63, 3.8) is 0 Å². The average Bonchev–Trinajstić information content (AvgIpc) is 3.34. The summed E-state index contributed by atoms with van der Waals surface area (Å²) in [7, 11) is 0. The Morgan fingerprint density at radius 3 is 2.72 bits per heavy atom. The second-order valence-electron chi connectivity index (χ2n) is 9.33. The maximum atomic E-state index is 14.1. The van der Waals surface area contributed by atoms with E-state index in [0.717, 1.165) is 29.9 Å². The third-order valence-electron chi connectivity index (χ3n) is 6.79. The van der Waals surface area contributed by atoms with Crippen LogP contribution in [-0.4, -0.2) is 52.2 Å². The fourth-order valence-corrected chi connectivity index (χ4v) is 5.29. The minimum absolute atomic E-state index is 0.0120. The highest BCUT2D eigenvalue weighted by atomic mass is 32.2. The lowest BCUT2D eigenvalue weighted by Crippen LogP contribution is -2.50. The highest BCUT2D eigenvalue weighted by Crippen LogP contribution is 2.32. The van der Waals surface area contributed by atoms with Gasteiger partial charge in [-0.2, -0.15) is 11.8 Å². The third kappa shape index (κ3) is 5.55. The molecule has 2 aromatic carbocycles. The molecule has 3 heterocycles. The molecule has 1 saturated heterocycles. The van der Waals surface area contributed by atoms with Gasteiger partial charge in [0, 0.05) is 24.4 Å². The summed E-state index contributed by atoms with van der Waals surface area (Å²) in [6.07, 6.45) is 3.52. The topological polar surface area (TPSA) is 89.9 Å². The standard InChI is InChI=1S/C28H27F2N3O5S/c1-39-10-9-20-16-37-23-14-32-13-21(27(35)31-12-18-7-8-19(29)11-22(18)30)25(34)26(24(32)28(36)33(20)23)38-15-17-5-3-2-4-6-17/h2-8,11,13,20,23H,9-10,12,14-16H2,1H3,(H,31,35)/t20-,23+/m0/s1. The Morgan fingerprint density at radius 2 is 1.97 bits per heavy atom. The number of nitrogens with one attached hydrogen (secondary N) is 1. The molecule has 0 radical (unpaired) electrons. The van der Waals surface area contributed by atoms with Gasteiger partial charge in [0.1, 0.15) is 23.8 Å². The predicted octanol–water partition coefficient (Wildman–Crippen LogP) is 3.57. The number of aromatic nitrogens is 1. The molecule has 5 rings (SSSR count). The Balaban J connectivity index is 1.48. The van der Waals surface area contributed by atoms with E-state index >= 15 is 0 Å². The number of hydrogen-bond donors (Lipinski definition) is 1. The van der Waals surface area contributed by atoms with Crippen molar-refractivity contribution in [2.24, 2.45) is 0 Å². The quantitative estimate of drug-likeness (QED) is 0.434. The van der Waals surface area contributed by atoms with Crippen molar-refractivity contribution in [3.8, 4) is 5.75 Å². The molecular formula is C28H27F2N3O5S. The fraction of sp³-hybridized carbons (Fsp3) is 0.321. The van der Waals surface area contributed by atoms with E-state index in [2.05, 4.69) is 5.32 Å². The van der Waals surface area contributed by atoms with Gasteiger partial charge in [-0.15, -0.1) is 0 Å². The number of pyridine rings is 1. The molecule has 1 N–H and O–H groups in total. The Morgan fingerprint density at radius 1 is 1.18 bits per heavy atom. The van der Waals surface area contributed by atoms with Crippen LogP contribution in [0.1, 0.15) is 38.4 Å². The van der Waals surface area contributed by atoms with Crippen molar-refractivity contribution in [1.82, 2.24) is 14.8 Å². The zero-order valence-electron chi connectivity index (χ0n) is 21.2. The molecule has 0 aliphatic carbocycles. The van der Waals surface area contributed by atoms with Crippen molar-refractivity contribution in [3.05, 3.63) is 99.0 Å². The van der Waals surface area contributed by atoms with Crippen molar-refractivity contribution in [1.29, 1.82) is 0 Å². The van der Waals surface area contributed by atoms with E-state index in [9.17, 15) is 23.2 Å². The summed E-state index contributed by atoms with van der Waals surface area (Å²) in [5.74, 6) is -2.09. The molecule has 2 aliphatic rings. The van der Waals surface area contributed by atoms with E-state index in [0.29, 0.717) is 6.61 Å². The number of benzene rings is 2. The number of halogens is 2. The molecule has 0 spiro atoms. The zero-order chi connectivity index (χ0) is 27.5. The summed E-state index contributed by atoms with van der Waals surface area (Å²) in [6.45, 7) is 0.345. The Labute approximate surface area is 227 Å². The van der Waals surface area contributed by atoms with Gasteiger partial charge in [0.25, 0.3) is 11.8 Å². The molecule has 11 heteroatoms. The van der Waals surface area contributed by atoms with E-state index in [4.69, 9.17) is 9.47 Å². The number of amides is 2. The Kier molecular flexibility index (Phi) is 7.99. The molecule has 0 saturated carbocycles. The molecule has 2 amide bonds. The van der Waals surface area contributed by atoms with Gasteiger partial charge in [-0.3, -0.25) is 14.4 Å². The van der Waals surface area contributed by atoms with Gasteiger partial charge in [0.05, 0.1) is 19.2 Å². The van der Waals surface area contributed by atoms with Gasteiger partial charge in [-0.25, -0.2) is 8.78 Å². The van der Waals surface area contributed by atoms with E-state index in [1.54, 1.807) is 16.7 Å². The van der Waals surface area contributed by atoms with E-state index in [1.807, 2.05) is 36.6 Å². The van der Waals surface area contributed by atoms with Gasteiger partial charge < -0.3 is 24.3 Å². The molecule has 1 aromatic heterocycles. The molecule has 3 aromatic rings. The number of hydrogen-bond acceptors (Lipinski definition) is 6. The second-order valence-corrected chi connectivity index (χ2v) is 10.3. The van der Waals surface area contributed by atoms with E-state index in [1.165, 1.54) is 16.8 Å². The smallest absolute Gasteiger partial charge is 0.276 e. The lowest BCUT2D eigenvalue weighted by Gasteiger charge is -2.35. The predicted molar refractivity (Wildman–Crippen MR) is 142 cm³/mol. The van der Waals surface area contributed by atoms with Crippen molar-refractivity contribution >= 4 is 23.6 Å². The largest absolute Gasteiger partial charge is 0.483 e. The maximum absolute atomic E-state index is 14.1. The number of carbonyl (C=O) groups is 2. The van der Waals surface area contributed by atoms with Crippen LogP contribution in [-0.2, 0) is 24.4 Å². The molecule has 0 unspecified atom stereocenters. The van der Waals surface area contributed by atoms with Gasteiger partial charge in [-0.1, -0.05) is 36.4 Å². The van der Waals surface area contributed by atoms with Crippen molar-refractivity contribution in [2.45, 2.75) is 38.4 Å². The van der Waals surface area contributed by atoms with Gasteiger partial charge in [0.2, 0.25) is 5.43 Å². The van der Waals surface area contributed by atoms with Crippen LogP contribution in [0.25, 0.3) is 0 Å². The zero-order valence-corrected chi connectivity index (χ0v) is 22.0. The van der Waals surface area contributed by atoms with Crippen LogP contribution in [0.15, 0.2) is 59.5 Å². The fourth-order valence-electron chi connectivity index (χ4n) is 4.79. The van der Waals surface area contributed by atoms with Crippen LogP contribution in [0, 0.1) is 11.6 Å². The van der Waals surface area contributed by atoms with Gasteiger partial charge in [0.15, 0.2) is 17.7 Å². The molecule has 2 aliphatic heterocycles. The molecule has 39 heavy (non-hydrogen) atoms. The highest BCUT2D eigenvalue weighted by Gasteiger charge is 2.44. The molecule has 204 valence electrons. The summed E-state index contributed by atoms with van der Waals surface area (Å²) in [6, 6.07) is 12.0. The van der Waals surface area contributed by atoms with Crippen LogP contribution in [0.5, 0.6) is 5.75 Å². The van der Waals surface area contributed by atoms with Crippen LogP contribution in [0.4, 0.5) is 8.78 Å². The summed E-state index contributed by atoms with van der Waals surface area (Å²) < 4.78 is 40.7. The summed E-state index contributed by atoms with van der Waals surface area (Å²) in [5, 5.41) is 2.51. The number of rotatable bonds is 9. The number of nitrogens with zero attached hydrogens (tertiary/aromatic N) is 2. The Bertz CT molecular complexity index is 1450. The first-order chi connectivity index (χ1) is 18.9.